The van der Waals surface area contributed by atoms with Crippen molar-refractivity contribution in [1.82, 2.24) is 20.5 Å². The van der Waals surface area contributed by atoms with Gasteiger partial charge in [0, 0.05) is 12.5 Å². The molecule has 12 heavy (non-hydrogen) atoms. The van der Waals surface area contributed by atoms with Gasteiger partial charge in [-0.25, -0.2) is 4.98 Å². The fourth-order valence-corrected chi connectivity index (χ4v) is 1.67. The first kappa shape index (κ1) is 7.73. The molecular formula is C8H14N4. The monoisotopic (exact) mass is 166 g/mol. The largest absolute Gasteiger partial charge is 0.314 e. The fraction of sp³-hybridized carbons (Fsp3) is 0.750. The van der Waals surface area contributed by atoms with Crippen molar-refractivity contribution in [2.24, 2.45) is 0 Å². The molecule has 0 saturated carbocycles. The van der Waals surface area contributed by atoms with Crippen LogP contribution in [0.25, 0.3) is 0 Å². The van der Waals surface area contributed by atoms with Crippen LogP contribution in [-0.2, 0) is 6.42 Å². The number of hydrogen-bond donors (Lipinski definition) is 2. The summed E-state index contributed by atoms with van der Waals surface area (Å²) in [6.45, 7) is 1.18. The zero-order valence-electron chi connectivity index (χ0n) is 7.08. The molecule has 2 heterocycles. The first-order valence-electron chi connectivity index (χ1n) is 4.53. The standard InChI is InChI=1S/C8H14N4/c1-2-7(9-5-1)3-4-8-10-6-11-12-8/h6-7,9H,1-5H2,(H,10,11,12). The molecule has 0 radical (unpaired) electrons. The molecule has 1 aromatic heterocycles. The summed E-state index contributed by atoms with van der Waals surface area (Å²) in [6.07, 6.45) is 6.39. The summed E-state index contributed by atoms with van der Waals surface area (Å²) in [5.74, 6) is 1.00. The van der Waals surface area contributed by atoms with Gasteiger partial charge in [0.2, 0.25) is 0 Å². The van der Waals surface area contributed by atoms with E-state index in [4.69, 9.17) is 0 Å². The van der Waals surface area contributed by atoms with Gasteiger partial charge in [0.25, 0.3) is 0 Å². The molecule has 1 atom stereocenters. The van der Waals surface area contributed by atoms with Crippen LogP contribution >= 0.6 is 0 Å². The second kappa shape index (κ2) is 3.67. The number of hydrogen-bond acceptors (Lipinski definition) is 3. The van der Waals surface area contributed by atoms with E-state index in [0.29, 0.717) is 6.04 Å². The smallest absolute Gasteiger partial charge is 0.137 e. The minimum Gasteiger partial charge on any atom is -0.314 e. The Morgan fingerprint density at radius 2 is 2.58 bits per heavy atom. The Bertz CT molecular complexity index is 213. The van der Waals surface area contributed by atoms with Gasteiger partial charge >= 0.3 is 0 Å². The van der Waals surface area contributed by atoms with Gasteiger partial charge < -0.3 is 5.32 Å². The highest BCUT2D eigenvalue weighted by Gasteiger charge is 2.13. The van der Waals surface area contributed by atoms with Gasteiger partial charge in [0.1, 0.15) is 12.2 Å². The number of aryl methyl sites for hydroxylation is 1. The maximum absolute atomic E-state index is 4.08. The Balaban J connectivity index is 1.74. The van der Waals surface area contributed by atoms with Crippen LogP contribution in [0.15, 0.2) is 6.33 Å². The molecular weight excluding hydrogens is 152 g/mol. The predicted octanol–water partition coefficient (Wildman–Crippen LogP) is 0.489. The lowest BCUT2D eigenvalue weighted by molar-refractivity contribution is 0.551. The van der Waals surface area contributed by atoms with E-state index in [-0.39, 0.29) is 0 Å². The van der Waals surface area contributed by atoms with E-state index in [0.717, 1.165) is 12.2 Å². The van der Waals surface area contributed by atoms with Gasteiger partial charge in [-0.2, -0.15) is 5.10 Å². The SMILES string of the molecule is c1n[nH]c(CCC2CCCN2)n1. The molecule has 1 saturated heterocycles. The lowest BCUT2D eigenvalue weighted by Gasteiger charge is -2.07. The number of nitrogens with one attached hydrogen (secondary N) is 2. The lowest BCUT2D eigenvalue weighted by atomic mass is 10.1. The molecule has 1 aromatic rings. The molecule has 1 aliphatic rings. The van der Waals surface area contributed by atoms with E-state index in [1.54, 1.807) is 6.33 Å². The molecule has 0 bridgehead atoms. The van der Waals surface area contributed by atoms with Crippen LogP contribution in [0.1, 0.15) is 25.1 Å². The fourth-order valence-electron chi connectivity index (χ4n) is 1.67. The Kier molecular flexibility index (Phi) is 2.36. The third-order valence-corrected chi connectivity index (χ3v) is 2.36. The number of H-pyrrole nitrogens is 1. The third-order valence-electron chi connectivity index (χ3n) is 2.36. The average molecular weight is 166 g/mol. The Morgan fingerprint density at radius 1 is 1.58 bits per heavy atom. The normalized spacial score (nSPS) is 23.2. The van der Waals surface area contributed by atoms with Gasteiger partial charge in [0.05, 0.1) is 0 Å². The molecule has 66 valence electrons. The van der Waals surface area contributed by atoms with Crippen LogP contribution in [0.2, 0.25) is 0 Å². The molecule has 4 heteroatoms. The molecule has 0 spiro atoms. The van der Waals surface area contributed by atoms with E-state index in [1.807, 2.05) is 0 Å². The first-order chi connectivity index (χ1) is 5.95. The molecule has 0 aliphatic carbocycles. The minimum atomic E-state index is 0.704. The zero-order valence-corrected chi connectivity index (χ0v) is 7.08. The summed E-state index contributed by atoms with van der Waals surface area (Å²) in [7, 11) is 0. The number of rotatable bonds is 3. The molecule has 4 nitrogen and oxygen atoms in total. The van der Waals surface area contributed by atoms with Crippen molar-refractivity contribution >= 4 is 0 Å². The third kappa shape index (κ3) is 1.82. The Hall–Kier alpha value is -0.900. The molecule has 0 amide bonds. The topological polar surface area (TPSA) is 53.6 Å². The summed E-state index contributed by atoms with van der Waals surface area (Å²) in [5.41, 5.74) is 0. The second-order valence-corrected chi connectivity index (χ2v) is 3.26. The molecule has 1 unspecified atom stereocenters. The quantitative estimate of drug-likeness (QED) is 0.687. The molecule has 2 rings (SSSR count). The van der Waals surface area contributed by atoms with Crippen LogP contribution in [0.3, 0.4) is 0 Å². The molecule has 2 N–H and O–H groups in total. The van der Waals surface area contributed by atoms with E-state index in [9.17, 15) is 0 Å². The van der Waals surface area contributed by atoms with Crippen LogP contribution in [0.4, 0.5) is 0 Å². The molecule has 1 fully saturated rings. The summed E-state index contributed by atoms with van der Waals surface area (Å²) in [5, 5.41) is 10.1. The molecule has 0 aromatic carbocycles. The lowest BCUT2D eigenvalue weighted by Crippen LogP contribution is -2.21. The van der Waals surface area contributed by atoms with Crippen LogP contribution in [0.5, 0.6) is 0 Å². The van der Waals surface area contributed by atoms with E-state index in [1.165, 1.54) is 25.8 Å². The Morgan fingerprint density at radius 3 is 3.25 bits per heavy atom. The first-order valence-corrected chi connectivity index (χ1v) is 4.53. The second-order valence-electron chi connectivity index (χ2n) is 3.26. The van der Waals surface area contributed by atoms with Crippen LogP contribution < -0.4 is 5.32 Å². The van der Waals surface area contributed by atoms with Crippen molar-refractivity contribution in [1.29, 1.82) is 0 Å². The summed E-state index contributed by atoms with van der Waals surface area (Å²) < 4.78 is 0. The average Bonchev–Trinajstić information content (AvgIpc) is 2.74. The van der Waals surface area contributed by atoms with Crippen LogP contribution in [0, 0.1) is 0 Å². The van der Waals surface area contributed by atoms with E-state index < -0.39 is 0 Å². The number of nitrogens with zero attached hydrogens (tertiary/aromatic N) is 2. The highest BCUT2D eigenvalue weighted by molar-refractivity contribution is 4.84. The highest BCUT2D eigenvalue weighted by Crippen LogP contribution is 2.10. The maximum atomic E-state index is 4.08. The minimum absolute atomic E-state index is 0.704. The van der Waals surface area contributed by atoms with Crippen molar-refractivity contribution in [2.45, 2.75) is 31.7 Å². The van der Waals surface area contributed by atoms with Crippen LogP contribution in [-0.4, -0.2) is 27.8 Å². The van der Waals surface area contributed by atoms with Gasteiger partial charge in [-0.15, -0.1) is 0 Å². The van der Waals surface area contributed by atoms with Crippen molar-refractivity contribution in [3.63, 3.8) is 0 Å². The Labute approximate surface area is 71.8 Å². The summed E-state index contributed by atoms with van der Waals surface area (Å²) in [6, 6.07) is 0.704. The predicted molar refractivity (Wildman–Crippen MR) is 45.7 cm³/mol. The van der Waals surface area contributed by atoms with Gasteiger partial charge in [-0.3, -0.25) is 5.10 Å². The summed E-state index contributed by atoms with van der Waals surface area (Å²) in [4.78, 5) is 4.08. The number of aromatic nitrogens is 3. The number of aromatic amines is 1. The van der Waals surface area contributed by atoms with E-state index in [2.05, 4.69) is 20.5 Å². The van der Waals surface area contributed by atoms with Gasteiger partial charge in [0.15, 0.2) is 0 Å². The summed E-state index contributed by atoms with van der Waals surface area (Å²) >= 11 is 0. The zero-order chi connectivity index (χ0) is 8.23. The highest BCUT2D eigenvalue weighted by atomic mass is 15.2. The van der Waals surface area contributed by atoms with Crippen molar-refractivity contribution in [3.05, 3.63) is 12.2 Å². The van der Waals surface area contributed by atoms with E-state index >= 15 is 0 Å². The van der Waals surface area contributed by atoms with Crippen molar-refractivity contribution in [2.75, 3.05) is 6.54 Å². The maximum Gasteiger partial charge on any atom is 0.137 e. The van der Waals surface area contributed by atoms with Crippen molar-refractivity contribution in [3.8, 4) is 0 Å². The van der Waals surface area contributed by atoms with Crippen molar-refractivity contribution < 1.29 is 0 Å². The van der Waals surface area contributed by atoms with Gasteiger partial charge in [-0.05, 0) is 25.8 Å². The van der Waals surface area contributed by atoms with Gasteiger partial charge in [-0.1, -0.05) is 0 Å². The molecule has 1 aliphatic heterocycles.